The molecule has 3 nitrogen and oxygen atoms in total. The van der Waals surface area contributed by atoms with E-state index in [9.17, 15) is 18.0 Å². The van der Waals surface area contributed by atoms with Crippen LogP contribution < -0.4 is 5.32 Å². The minimum Gasteiger partial charge on any atom is -0.322 e. The molecular formula is C17H21F3N2O. The molecule has 0 radical (unpaired) electrons. The average molecular weight is 326 g/mol. The number of piperidine rings is 1. The third kappa shape index (κ3) is 3.68. The Bertz CT molecular complexity index is 593. The summed E-state index contributed by atoms with van der Waals surface area (Å²) in [6.45, 7) is 1.90. The van der Waals surface area contributed by atoms with E-state index in [0.717, 1.165) is 37.6 Å². The normalized spacial score (nSPS) is 25.0. The molecule has 1 saturated carbocycles. The number of nitrogens with zero attached hydrogens (tertiary/aromatic N) is 1. The summed E-state index contributed by atoms with van der Waals surface area (Å²) < 4.78 is 39.6. The van der Waals surface area contributed by atoms with Crippen molar-refractivity contribution in [1.29, 1.82) is 0 Å². The number of halogens is 3. The number of carbonyl (C=O) groups is 1. The number of amides is 1. The second-order valence-electron chi connectivity index (χ2n) is 6.60. The fraction of sp³-hybridized carbons (Fsp3) is 0.588. The molecular weight excluding hydrogens is 305 g/mol. The minimum absolute atomic E-state index is 0.154. The third-order valence-corrected chi connectivity index (χ3v) is 5.05. The van der Waals surface area contributed by atoms with Crippen LogP contribution in [0.15, 0.2) is 12.1 Å². The van der Waals surface area contributed by atoms with Gasteiger partial charge in [0.15, 0.2) is 17.5 Å². The van der Waals surface area contributed by atoms with Crippen molar-refractivity contribution >= 4 is 11.6 Å². The summed E-state index contributed by atoms with van der Waals surface area (Å²) >= 11 is 0. The summed E-state index contributed by atoms with van der Waals surface area (Å²) in [6, 6.07) is 1.85. The number of benzene rings is 1. The number of carbonyl (C=O) groups excluding carboxylic acids is 1. The maximum atomic E-state index is 13.6. The molecule has 0 spiro atoms. The standard InChI is InChI=1S/C17H21F3N2O/c18-13-5-6-14(17(20)16(13)19)21-15(23)10-22-8-7-11-3-1-2-4-12(11)9-22/h5-6,11-12H,1-4,7-10H2,(H,21,23)/t11-,12+/m0/s1. The van der Waals surface area contributed by atoms with Crippen LogP contribution in [-0.4, -0.2) is 30.4 Å². The molecule has 126 valence electrons. The molecule has 1 saturated heterocycles. The maximum Gasteiger partial charge on any atom is 0.238 e. The highest BCUT2D eigenvalue weighted by Gasteiger charge is 2.31. The van der Waals surface area contributed by atoms with Crippen molar-refractivity contribution in [2.24, 2.45) is 11.8 Å². The van der Waals surface area contributed by atoms with E-state index >= 15 is 0 Å². The Morgan fingerprint density at radius 2 is 1.83 bits per heavy atom. The van der Waals surface area contributed by atoms with Gasteiger partial charge in [0.1, 0.15) is 0 Å². The zero-order valence-corrected chi connectivity index (χ0v) is 13.0. The second kappa shape index (κ2) is 6.91. The highest BCUT2D eigenvalue weighted by atomic mass is 19.2. The quantitative estimate of drug-likeness (QED) is 0.862. The van der Waals surface area contributed by atoms with Crippen LogP contribution in [0.4, 0.5) is 18.9 Å². The topological polar surface area (TPSA) is 32.3 Å². The van der Waals surface area contributed by atoms with E-state index in [1.54, 1.807) is 0 Å². The van der Waals surface area contributed by atoms with Gasteiger partial charge >= 0.3 is 0 Å². The Kier molecular flexibility index (Phi) is 4.90. The van der Waals surface area contributed by atoms with Gasteiger partial charge in [-0.25, -0.2) is 13.2 Å². The Balaban J connectivity index is 1.56. The predicted octanol–water partition coefficient (Wildman–Crippen LogP) is 3.55. The number of nitrogens with one attached hydrogen (secondary N) is 1. The van der Waals surface area contributed by atoms with Crippen molar-refractivity contribution in [3.8, 4) is 0 Å². The van der Waals surface area contributed by atoms with Crippen LogP contribution in [0.5, 0.6) is 0 Å². The molecule has 23 heavy (non-hydrogen) atoms. The SMILES string of the molecule is O=C(CN1CC[C@@H]2CCCC[C@@H]2C1)Nc1ccc(F)c(F)c1F. The number of hydrogen-bond donors (Lipinski definition) is 1. The Morgan fingerprint density at radius 3 is 2.61 bits per heavy atom. The Morgan fingerprint density at radius 1 is 1.09 bits per heavy atom. The van der Waals surface area contributed by atoms with Crippen molar-refractivity contribution in [3.63, 3.8) is 0 Å². The number of hydrogen-bond acceptors (Lipinski definition) is 2. The second-order valence-corrected chi connectivity index (χ2v) is 6.60. The molecule has 1 aromatic rings. The summed E-state index contributed by atoms with van der Waals surface area (Å²) in [5.74, 6) is -3.17. The summed E-state index contributed by atoms with van der Waals surface area (Å²) in [5.41, 5.74) is -0.318. The molecule has 3 rings (SSSR count). The molecule has 1 N–H and O–H groups in total. The predicted molar refractivity (Wildman–Crippen MR) is 81.5 cm³/mol. The molecule has 6 heteroatoms. The van der Waals surface area contributed by atoms with Gasteiger partial charge < -0.3 is 5.32 Å². The number of fused-ring (bicyclic) bond motifs is 1. The lowest BCUT2D eigenvalue weighted by atomic mass is 9.75. The van der Waals surface area contributed by atoms with Crippen LogP contribution >= 0.6 is 0 Å². The highest BCUT2D eigenvalue weighted by Crippen LogP contribution is 2.35. The molecule has 0 aromatic heterocycles. The van der Waals surface area contributed by atoms with E-state index in [0.29, 0.717) is 5.92 Å². The largest absolute Gasteiger partial charge is 0.322 e. The van der Waals surface area contributed by atoms with Crippen molar-refractivity contribution < 1.29 is 18.0 Å². The van der Waals surface area contributed by atoms with E-state index in [4.69, 9.17) is 0 Å². The fourth-order valence-corrected chi connectivity index (χ4v) is 3.84. The van der Waals surface area contributed by atoms with Crippen LogP contribution in [0, 0.1) is 29.3 Å². The molecule has 2 aliphatic rings. The van der Waals surface area contributed by atoms with E-state index in [-0.39, 0.29) is 12.2 Å². The molecule has 1 aromatic carbocycles. The van der Waals surface area contributed by atoms with Gasteiger partial charge in [0.25, 0.3) is 0 Å². The molecule has 1 aliphatic carbocycles. The lowest BCUT2D eigenvalue weighted by Crippen LogP contribution is -2.44. The monoisotopic (exact) mass is 326 g/mol. The number of rotatable bonds is 3. The number of likely N-dealkylation sites (tertiary alicyclic amines) is 1. The fourth-order valence-electron chi connectivity index (χ4n) is 3.84. The lowest BCUT2D eigenvalue weighted by molar-refractivity contribution is -0.118. The smallest absolute Gasteiger partial charge is 0.238 e. The van der Waals surface area contributed by atoms with Crippen LogP contribution in [0.25, 0.3) is 0 Å². The van der Waals surface area contributed by atoms with Crippen LogP contribution in [0.3, 0.4) is 0 Å². The zero-order chi connectivity index (χ0) is 16.4. The molecule has 1 amide bonds. The Labute approximate surface area is 133 Å². The van der Waals surface area contributed by atoms with Crippen LogP contribution in [0.1, 0.15) is 32.1 Å². The first-order chi connectivity index (χ1) is 11.0. The van der Waals surface area contributed by atoms with Crippen molar-refractivity contribution in [2.45, 2.75) is 32.1 Å². The summed E-state index contributed by atoms with van der Waals surface area (Å²) in [5, 5.41) is 2.34. The molecule has 2 fully saturated rings. The third-order valence-electron chi connectivity index (χ3n) is 5.05. The van der Waals surface area contributed by atoms with Gasteiger partial charge in [0.2, 0.25) is 5.91 Å². The van der Waals surface area contributed by atoms with Gasteiger partial charge in [-0.15, -0.1) is 0 Å². The molecule has 0 bridgehead atoms. The van der Waals surface area contributed by atoms with Crippen molar-refractivity contribution in [1.82, 2.24) is 4.90 Å². The summed E-state index contributed by atoms with van der Waals surface area (Å²) in [7, 11) is 0. The van der Waals surface area contributed by atoms with Gasteiger partial charge in [-0.2, -0.15) is 0 Å². The van der Waals surface area contributed by atoms with E-state index in [2.05, 4.69) is 10.2 Å². The first kappa shape index (κ1) is 16.3. The van der Waals surface area contributed by atoms with E-state index in [1.807, 2.05) is 0 Å². The van der Waals surface area contributed by atoms with Crippen molar-refractivity contribution in [3.05, 3.63) is 29.6 Å². The first-order valence-electron chi connectivity index (χ1n) is 8.20. The van der Waals surface area contributed by atoms with Crippen LogP contribution in [0.2, 0.25) is 0 Å². The molecule has 1 heterocycles. The summed E-state index contributed by atoms with van der Waals surface area (Å²) in [6.07, 6.45) is 6.14. The van der Waals surface area contributed by atoms with E-state index in [1.165, 1.54) is 25.7 Å². The van der Waals surface area contributed by atoms with Crippen molar-refractivity contribution in [2.75, 3.05) is 25.0 Å². The number of anilines is 1. The molecule has 2 atom stereocenters. The van der Waals surface area contributed by atoms with Gasteiger partial charge in [-0.3, -0.25) is 9.69 Å². The summed E-state index contributed by atoms with van der Waals surface area (Å²) in [4.78, 5) is 14.1. The lowest BCUT2D eigenvalue weighted by Gasteiger charge is -2.41. The first-order valence-corrected chi connectivity index (χ1v) is 8.20. The minimum atomic E-state index is -1.56. The van der Waals surface area contributed by atoms with E-state index < -0.39 is 23.4 Å². The zero-order valence-electron chi connectivity index (χ0n) is 13.0. The average Bonchev–Trinajstić information content (AvgIpc) is 2.55. The van der Waals surface area contributed by atoms with Crippen LogP contribution in [-0.2, 0) is 4.79 Å². The van der Waals surface area contributed by atoms with Gasteiger partial charge in [-0.05, 0) is 43.4 Å². The van der Waals surface area contributed by atoms with Gasteiger partial charge in [0.05, 0.1) is 12.2 Å². The Hall–Kier alpha value is -1.56. The molecule has 0 unspecified atom stereocenters. The van der Waals surface area contributed by atoms with Gasteiger partial charge in [-0.1, -0.05) is 19.3 Å². The highest BCUT2D eigenvalue weighted by molar-refractivity contribution is 5.92. The maximum absolute atomic E-state index is 13.6. The molecule has 1 aliphatic heterocycles. The van der Waals surface area contributed by atoms with Gasteiger partial charge in [0, 0.05) is 6.54 Å².